The van der Waals surface area contributed by atoms with Gasteiger partial charge in [0.05, 0.1) is 16.5 Å². The van der Waals surface area contributed by atoms with Crippen LogP contribution in [0.3, 0.4) is 0 Å². The Morgan fingerprint density at radius 2 is 1.83 bits per heavy atom. The summed E-state index contributed by atoms with van der Waals surface area (Å²) < 4.78 is 38.1. The Bertz CT molecular complexity index is 711. The number of sulfone groups is 1. The SMILES string of the molecule is CC(C)CN1CCN(Cc2ccc(Cl)c(F)c2)[C@@H]2CS(=O)(=O)C[C@@H]21. The Morgan fingerprint density at radius 3 is 2.46 bits per heavy atom. The Labute approximate surface area is 148 Å². The topological polar surface area (TPSA) is 40.6 Å². The molecule has 2 heterocycles. The summed E-state index contributed by atoms with van der Waals surface area (Å²) in [7, 11) is -3.02. The molecule has 2 saturated heterocycles. The minimum atomic E-state index is -3.02. The molecule has 0 unspecified atom stereocenters. The van der Waals surface area contributed by atoms with Gasteiger partial charge in [-0.25, -0.2) is 12.8 Å². The summed E-state index contributed by atoms with van der Waals surface area (Å²) in [4.78, 5) is 4.51. The van der Waals surface area contributed by atoms with Crippen LogP contribution in [0.15, 0.2) is 18.2 Å². The summed E-state index contributed by atoms with van der Waals surface area (Å²) in [6.07, 6.45) is 0. The minimum Gasteiger partial charge on any atom is -0.296 e. The molecule has 134 valence electrons. The van der Waals surface area contributed by atoms with Crippen LogP contribution < -0.4 is 0 Å². The number of piperazine rings is 1. The van der Waals surface area contributed by atoms with Gasteiger partial charge in [-0.3, -0.25) is 9.80 Å². The molecule has 2 aliphatic heterocycles. The van der Waals surface area contributed by atoms with Crippen molar-refractivity contribution in [2.75, 3.05) is 31.1 Å². The molecule has 0 amide bonds. The molecular weight excluding hydrogens is 351 g/mol. The molecule has 3 rings (SSSR count). The van der Waals surface area contributed by atoms with Crippen LogP contribution in [-0.2, 0) is 16.4 Å². The van der Waals surface area contributed by atoms with Crippen molar-refractivity contribution in [2.24, 2.45) is 5.92 Å². The number of hydrogen-bond acceptors (Lipinski definition) is 4. The first-order valence-electron chi connectivity index (χ1n) is 8.37. The average molecular weight is 375 g/mol. The number of rotatable bonds is 4. The maximum Gasteiger partial charge on any atom is 0.153 e. The summed E-state index contributed by atoms with van der Waals surface area (Å²) in [6, 6.07) is 4.85. The van der Waals surface area contributed by atoms with Crippen LogP contribution >= 0.6 is 11.6 Å². The zero-order valence-electron chi connectivity index (χ0n) is 14.1. The van der Waals surface area contributed by atoms with Gasteiger partial charge in [-0.15, -0.1) is 0 Å². The maximum atomic E-state index is 13.7. The van der Waals surface area contributed by atoms with Crippen molar-refractivity contribution in [1.29, 1.82) is 0 Å². The summed E-state index contributed by atoms with van der Waals surface area (Å²) in [6.45, 7) is 7.43. The average Bonchev–Trinajstić information content (AvgIpc) is 2.81. The Hall–Kier alpha value is -0.690. The zero-order valence-corrected chi connectivity index (χ0v) is 15.7. The van der Waals surface area contributed by atoms with E-state index in [0.717, 1.165) is 25.2 Å². The summed E-state index contributed by atoms with van der Waals surface area (Å²) in [5.41, 5.74) is 0.831. The Morgan fingerprint density at radius 1 is 1.21 bits per heavy atom. The normalized spacial score (nSPS) is 27.5. The fraction of sp³-hybridized carbons (Fsp3) is 0.647. The van der Waals surface area contributed by atoms with E-state index in [1.54, 1.807) is 6.07 Å². The summed E-state index contributed by atoms with van der Waals surface area (Å²) in [5.74, 6) is 0.507. The van der Waals surface area contributed by atoms with Crippen molar-refractivity contribution in [3.63, 3.8) is 0 Å². The van der Waals surface area contributed by atoms with E-state index in [1.807, 2.05) is 6.07 Å². The van der Waals surface area contributed by atoms with Gasteiger partial charge in [0.15, 0.2) is 9.84 Å². The summed E-state index contributed by atoms with van der Waals surface area (Å²) in [5, 5.41) is 0.113. The monoisotopic (exact) mass is 374 g/mol. The molecule has 2 atom stereocenters. The van der Waals surface area contributed by atoms with Gasteiger partial charge in [0.1, 0.15) is 5.82 Å². The smallest absolute Gasteiger partial charge is 0.153 e. The van der Waals surface area contributed by atoms with Crippen LogP contribution in [0, 0.1) is 11.7 Å². The van der Waals surface area contributed by atoms with E-state index >= 15 is 0 Å². The molecule has 1 aromatic rings. The highest BCUT2D eigenvalue weighted by molar-refractivity contribution is 7.91. The highest BCUT2D eigenvalue weighted by Crippen LogP contribution is 2.29. The number of benzene rings is 1. The molecule has 24 heavy (non-hydrogen) atoms. The number of halogens is 2. The van der Waals surface area contributed by atoms with Crippen molar-refractivity contribution in [2.45, 2.75) is 32.5 Å². The summed E-state index contributed by atoms with van der Waals surface area (Å²) >= 11 is 5.74. The Balaban J connectivity index is 1.79. The maximum absolute atomic E-state index is 13.7. The fourth-order valence-corrected chi connectivity index (χ4v) is 6.02. The van der Waals surface area contributed by atoms with E-state index in [4.69, 9.17) is 11.6 Å². The standard InChI is InChI=1S/C17H24ClFN2O2S/c1-12(2)8-20-5-6-21(17-11-24(22,23)10-16(17)20)9-13-3-4-14(18)15(19)7-13/h3-4,7,12,16-17H,5-6,8-11H2,1-2H3/t16-,17+/m0/s1. The van der Waals surface area contributed by atoms with Crippen LogP contribution in [0.1, 0.15) is 19.4 Å². The molecule has 0 aromatic heterocycles. The van der Waals surface area contributed by atoms with Crippen molar-refractivity contribution in [1.82, 2.24) is 9.80 Å². The number of hydrogen-bond donors (Lipinski definition) is 0. The first-order chi connectivity index (χ1) is 11.2. The van der Waals surface area contributed by atoms with Crippen molar-refractivity contribution in [3.8, 4) is 0 Å². The molecule has 0 spiro atoms. The van der Waals surface area contributed by atoms with E-state index in [1.165, 1.54) is 6.07 Å². The number of fused-ring (bicyclic) bond motifs is 1. The lowest BCUT2D eigenvalue weighted by Gasteiger charge is -2.44. The van der Waals surface area contributed by atoms with Crippen molar-refractivity contribution >= 4 is 21.4 Å². The second-order valence-corrected chi connectivity index (χ2v) is 9.88. The number of nitrogens with zero attached hydrogens (tertiary/aromatic N) is 2. The van der Waals surface area contributed by atoms with Gasteiger partial charge in [0, 0.05) is 38.3 Å². The third-order valence-corrected chi connectivity index (χ3v) is 6.88. The third-order valence-electron chi connectivity index (χ3n) is 4.88. The molecule has 2 aliphatic rings. The Kier molecular flexibility index (Phi) is 5.21. The second-order valence-electron chi connectivity index (χ2n) is 7.32. The zero-order chi connectivity index (χ0) is 17.5. The minimum absolute atomic E-state index is 0.0127. The molecule has 4 nitrogen and oxygen atoms in total. The van der Waals surface area contributed by atoms with Crippen LogP contribution in [0.5, 0.6) is 0 Å². The molecule has 0 N–H and O–H groups in total. The molecule has 0 saturated carbocycles. The van der Waals surface area contributed by atoms with Crippen molar-refractivity contribution < 1.29 is 12.8 Å². The van der Waals surface area contributed by atoms with Gasteiger partial charge in [0.25, 0.3) is 0 Å². The van der Waals surface area contributed by atoms with Gasteiger partial charge >= 0.3 is 0 Å². The molecular formula is C17H24ClFN2O2S. The highest BCUT2D eigenvalue weighted by Gasteiger charge is 2.46. The second kappa shape index (κ2) is 6.90. The molecule has 2 fully saturated rings. The van der Waals surface area contributed by atoms with E-state index in [0.29, 0.717) is 12.5 Å². The third kappa shape index (κ3) is 3.93. The van der Waals surface area contributed by atoms with Gasteiger partial charge in [0.2, 0.25) is 0 Å². The van der Waals surface area contributed by atoms with Crippen LogP contribution in [-0.4, -0.2) is 61.4 Å². The van der Waals surface area contributed by atoms with Gasteiger partial charge in [-0.1, -0.05) is 31.5 Å². The molecule has 0 radical (unpaired) electrons. The first kappa shape index (κ1) is 18.1. The fourth-order valence-electron chi connectivity index (χ4n) is 3.86. The van der Waals surface area contributed by atoms with Gasteiger partial charge in [-0.05, 0) is 23.6 Å². The highest BCUT2D eigenvalue weighted by atomic mass is 35.5. The first-order valence-corrected chi connectivity index (χ1v) is 10.6. The predicted molar refractivity (Wildman–Crippen MR) is 94.5 cm³/mol. The molecule has 0 aliphatic carbocycles. The lowest BCUT2D eigenvalue weighted by Crippen LogP contribution is -2.59. The van der Waals surface area contributed by atoms with Crippen LogP contribution in [0.25, 0.3) is 0 Å². The van der Waals surface area contributed by atoms with E-state index < -0.39 is 15.7 Å². The lowest BCUT2D eigenvalue weighted by molar-refractivity contribution is 0.0337. The van der Waals surface area contributed by atoms with Crippen molar-refractivity contribution in [3.05, 3.63) is 34.6 Å². The van der Waals surface area contributed by atoms with Crippen LogP contribution in [0.4, 0.5) is 4.39 Å². The van der Waals surface area contributed by atoms with E-state index in [-0.39, 0.29) is 28.6 Å². The predicted octanol–water partition coefficient (Wildman–Crippen LogP) is 2.42. The molecule has 7 heteroatoms. The lowest BCUT2D eigenvalue weighted by atomic mass is 10.0. The van der Waals surface area contributed by atoms with Gasteiger partial charge in [-0.2, -0.15) is 0 Å². The van der Waals surface area contributed by atoms with E-state index in [2.05, 4.69) is 23.6 Å². The molecule has 0 bridgehead atoms. The van der Waals surface area contributed by atoms with E-state index in [9.17, 15) is 12.8 Å². The molecule has 1 aromatic carbocycles. The van der Waals surface area contributed by atoms with Gasteiger partial charge < -0.3 is 0 Å². The largest absolute Gasteiger partial charge is 0.296 e. The quantitative estimate of drug-likeness (QED) is 0.811. The van der Waals surface area contributed by atoms with Crippen LogP contribution in [0.2, 0.25) is 5.02 Å².